The van der Waals surface area contributed by atoms with Crippen LogP contribution < -0.4 is 21.3 Å². The molecule has 156 valence electrons. The number of carbonyl (C=O) groups excluding carboxylic acids is 3. The van der Waals surface area contributed by atoms with Gasteiger partial charge in [-0.1, -0.05) is 30.3 Å². The van der Waals surface area contributed by atoms with Gasteiger partial charge in [-0.15, -0.1) is 0 Å². The average molecular weight is 414 g/mol. The number of hydrogen-bond donors (Lipinski definition) is 4. The fourth-order valence-electron chi connectivity index (χ4n) is 2.70. The summed E-state index contributed by atoms with van der Waals surface area (Å²) in [4.78, 5) is 35.7. The Morgan fingerprint density at radius 3 is 1.81 bits per heavy atom. The summed E-state index contributed by atoms with van der Waals surface area (Å²) in [6.07, 6.45) is 3.07. The van der Waals surface area contributed by atoms with Crippen molar-refractivity contribution in [1.82, 2.24) is 5.32 Å². The molecule has 0 saturated heterocycles. The molecule has 0 bridgehead atoms. The van der Waals surface area contributed by atoms with Crippen LogP contribution in [0.1, 0.15) is 15.9 Å². The van der Waals surface area contributed by atoms with Crippen LogP contribution in [0.2, 0.25) is 0 Å². The quantitative estimate of drug-likeness (QED) is 0.452. The first-order chi connectivity index (χ1) is 15.0. The number of rotatable bonds is 6. The summed E-state index contributed by atoms with van der Waals surface area (Å²) in [7, 11) is 1.57. The summed E-state index contributed by atoms with van der Waals surface area (Å²) in [5.74, 6) is -0.457. The molecule has 3 aromatic rings. The highest BCUT2D eigenvalue weighted by Crippen LogP contribution is 2.15. The van der Waals surface area contributed by atoms with Crippen LogP contribution in [0.4, 0.5) is 21.9 Å². The molecule has 4 N–H and O–H groups in total. The van der Waals surface area contributed by atoms with E-state index in [0.717, 1.165) is 5.56 Å². The SMILES string of the molecule is CNC(=O)c1ccc(/C=C/C(=O)Nc2ccc(NC(=O)Nc3ccccc3)cc2)cc1. The van der Waals surface area contributed by atoms with E-state index in [4.69, 9.17) is 0 Å². The zero-order chi connectivity index (χ0) is 22.1. The maximum atomic E-state index is 12.1. The molecule has 0 heterocycles. The van der Waals surface area contributed by atoms with Gasteiger partial charge in [-0.3, -0.25) is 9.59 Å². The topological polar surface area (TPSA) is 99.3 Å². The predicted octanol–water partition coefficient (Wildman–Crippen LogP) is 4.34. The molecule has 0 aliphatic heterocycles. The number of anilines is 3. The van der Waals surface area contributed by atoms with Crippen molar-refractivity contribution in [3.8, 4) is 0 Å². The van der Waals surface area contributed by atoms with Gasteiger partial charge in [-0.2, -0.15) is 0 Å². The van der Waals surface area contributed by atoms with E-state index in [0.29, 0.717) is 22.6 Å². The van der Waals surface area contributed by atoms with Gasteiger partial charge in [0.15, 0.2) is 0 Å². The monoisotopic (exact) mass is 414 g/mol. The summed E-state index contributed by atoms with van der Waals surface area (Å²) < 4.78 is 0. The highest BCUT2D eigenvalue weighted by Gasteiger charge is 2.04. The van der Waals surface area contributed by atoms with E-state index in [1.807, 2.05) is 18.2 Å². The van der Waals surface area contributed by atoms with Crippen LogP contribution in [-0.4, -0.2) is 24.9 Å². The van der Waals surface area contributed by atoms with Gasteiger partial charge in [-0.25, -0.2) is 4.79 Å². The van der Waals surface area contributed by atoms with Crippen molar-refractivity contribution in [2.45, 2.75) is 0 Å². The minimum Gasteiger partial charge on any atom is -0.355 e. The molecule has 3 aromatic carbocycles. The summed E-state index contributed by atoms with van der Waals surface area (Å²) in [5, 5.41) is 10.8. The van der Waals surface area contributed by atoms with Crippen LogP contribution in [0.5, 0.6) is 0 Å². The lowest BCUT2D eigenvalue weighted by Crippen LogP contribution is -2.19. The Bertz CT molecular complexity index is 1080. The second-order valence-electron chi connectivity index (χ2n) is 6.55. The van der Waals surface area contributed by atoms with Crippen LogP contribution in [0.15, 0.2) is 84.9 Å². The molecule has 0 unspecified atom stereocenters. The van der Waals surface area contributed by atoms with Gasteiger partial charge < -0.3 is 21.3 Å². The van der Waals surface area contributed by atoms with Gasteiger partial charge in [-0.05, 0) is 60.2 Å². The highest BCUT2D eigenvalue weighted by molar-refractivity contribution is 6.03. The van der Waals surface area contributed by atoms with Crippen LogP contribution in [0.3, 0.4) is 0 Å². The Kier molecular flexibility index (Phi) is 7.16. The minimum atomic E-state index is -0.353. The maximum Gasteiger partial charge on any atom is 0.323 e. The van der Waals surface area contributed by atoms with Crippen molar-refractivity contribution in [3.05, 3.63) is 96.1 Å². The molecule has 0 radical (unpaired) electrons. The van der Waals surface area contributed by atoms with E-state index in [1.165, 1.54) is 6.08 Å². The molecule has 7 nitrogen and oxygen atoms in total. The third kappa shape index (κ3) is 6.57. The summed E-state index contributed by atoms with van der Waals surface area (Å²) in [6, 6.07) is 22.5. The van der Waals surface area contributed by atoms with Crippen molar-refractivity contribution < 1.29 is 14.4 Å². The second kappa shape index (κ2) is 10.4. The molecule has 31 heavy (non-hydrogen) atoms. The Balaban J connectivity index is 1.50. The van der Waals surface area contributed by atoms with Gasteiger partial charge in [0, 0.05) is 35.7 Å². The first kappa shape index (κ1) is 21.3. The number of urea groups is 1. The van der Waals surface area contributed by atoms with Crippen LogP contribution >= 0.6 is 0 Å². The Morgan fingerprint density at radius 1 is 0.677 bits per heavy atom. The molecule has 3 rings (SSSR count). The largest absolute Gasteiger partial charge is 0.355 e. The zero-order valence-electron chi connectivity index (χ0n) is 16.9. The van der Waals surface area contributed by atoms with Crippen LogP contribution in [0, 0.1) is 0 Å². The van der Waals surface area contributed by atoms with Gasteiger partial charge in [0.05, 0.1) is 0 Å². The lowest BCUT2D eigenvalue weighted by molar-refractivity contribution is -0.111. The zero-order valence-corrected chi connectivity index (χ0v) is 16.9. The number of nitrogens with one attached hydrogen (secondary N) is 4. The predicted molar refractivity (Wildman–Crippen MR) is 123 cm³/mol. The second-order valence-corrected chi connectivity index (χ2v) is 6.55. The number of para-hydroxylation sites is 1. The molecule has 0 aliphatic rings. The number of carbonyl (C=O) groups is 3. The minimum absolute atomic E-state index is 0.163. The van der Waals surface area contributed by atoms with Crippen LogP contribution in [-0.2, 0) is 4.79 Å². The van der Waals surface area contributed by atoms with Gasteiger partial charge in [0.1, 0.15) is 0 Å². The highest BCUT2D eigenvalue weighted by atomic mass is 16.2. The normalized spacial score (nSPS) is 10.4. The Hall–Kier alpha value is -4.39. The van der Waals surface area contributed by atoms with E-state index in [2.05, 4.69) is 21.3 Å². The molecular formula is C24H22N4O3. The van der Waals surface area contributed by atoms with Crippen molar-refractivity contribution >= 4 is 41.0 Å². The van der Waals surface area contributed by atoms with Crippen molar-refractivity contribution in [2.75, 3.05) is 23.0 Å². The standard InChI is InChI=1S/C24H22N4O3/c1-25-23(30)18-10-7-17(8-11-18)9-16-22(29)26-20-12-14-21(15-13-20)28-24(31)27-19-5-3-2-4-6-19/h2-16H,1H3,(H,25,30)(H,26,29)(H2,27,28,31)/b16-9+. The van der Waals surface area contributed by atoms with Crippen molar-refractivity contribution in [1.29, 1.82) is 0 Å². The fourth-order valence-corrected chi connectivity index (χ4v) is 2.70. The van der Waals surface area contributed by atoms with E-state index in [-0.39, 0.29) is 17.8 Å². The van der Waals surface area contributed by atoms with Crippen molar-refractivity contribution in [3.63, 3.8) is 0 Å². The molecule has 0 spiro atoms. The third-order valence-corrected chi connectivity index (χ3v) is 4.27. The summed E-state index contributed by atoms with van der Waals surface area (Å²) >= 11 is 0. The number of amides is 4. The number of hydrogen-bond acceptors (Lipinski definition) is 3. The lowest BCUT2D eigenvalue weighted by Gasteiger charge is -2.08. The van der Waals surface area contributed by atoms with E-state index in [9.17, 15) is 14.4 Å². The first-order valence-corrected chi connectivity index (χ1v) is 9.58. The van der Waals surface area contributed by atoms with Gasteiger partial charge in [0.25, 0.3) is 5.91 Å². The van der Waals surface area contributed by atoms with Crippen molar-refractivity contribution in [2.24, 2.45) is 0 Å². The summed E-state index contributed by atoms with van der Waals surface area (Å²) in [6.45, 7) is 0. The maximum absolute atomic E-state index is 12.1. The average Bonchev–Trinajstić information content (AvgIpc) is 2.79. The Morgan fingerprint density at radius 2 is 1.23 bits per heavy atom. The summed E-state index contributed by atoms with van der Waals surface area (Å²) in [5.41, 5.74) is 3.23. The molecular weight excluding hydrogens is 392 g/mol. The smallest absolute Gasteiger partial charge is 0.323 e. The lowest BCUT2D eigenvalue weighted by atomic mass is 10.1. The fraction of sp³-hybridized carbons (Fsp3) is 0.0417. The van der Waals surface area contributed by atoms with Crippen LogP contribution in [0.25, 0.3) is 6.08 Å². The molecule has 0 aliphatic carbocycles. The van der Waals surface area contributed by atoms with E-state index in [1.54, 1.807) is 73.8 Å². The van der Waals surface area contributed by atoms with Gasteiger partial charge >= 0.3 is 6.03 Å². The van der Waals surface area contributed by atoms with E-state index < -0.39 is 0 Å². The first-order valence-electron chi connectivity index (χ1n) is 9.58. The Labute approximate surface area is 180 Å². The third-order valence-electron chi connectivity index (χ3n) is 4.27. The molecule has 4 amide bonds. The number of benzene rings is 3. The molecule has 0 atom stereocenters. The molecule has 0 saturated carbocycles. The van der Waals surface area contributed by atoms with E-state index >= 15 is 0 Å². The van der Waals surface area contributed by atoms with Gasteiger partial charge in [0.2, 0.25) is 5.91 Å². The molecule has 0 aromatic heterocycles. The molecule has 7 heteroatoms. The molecule has 0 fully saturated rings.